The van der Waals surface area contributed by atoms with Crippen LogP contribution in [0, 0.1) is 0 Å². The second kappa shape index (κ2) is 9.56. The first-order valence-corrected chi connectivity index (χ1v) is 15.9. The zero-order chi connectivity index (χ0) is 33.8. The summed E-state index contributed by atoms with van der Waals surface area (Å²) in [5.41, 5.74) is 7.05. The third kappa shape index (κ3) is 3.81. The fraction of sp³-hybridized carbons (Fsp3) is 0. The number of fused-ring (bicyclic) bond motifs is 2. The van der Waals surface area contributed by atoms with Gasteiger partial charge in [0.05, 0.1) is 6.85 Å². The maximum Gasteiger partial charge on any atom is 0.0629 e. The van der Waals surface area contributed by atoms with Crippen molar-refractivity contribution in [2.24, 2.45) is 0 Å². The SMILES string of the molecule is [2H]c1c([2H])c([2H])c(-c2cc(-c3ccc4c(c3)Sc3cccc5cccc-4c35)cc(-c3ccc4ccc5cccc6ccc3c4c56)c2)c([2H])c1[2H]. The lowest BCUT2D eigenvalue weighted by Crippen LogP contribution is -1.94. The Morgan fingerprint density at radius 3 is 1.82 bits per heavy atom. The number of rotatable bonds is 3. The average Bonchev–Trinajstić information content (AvgIpc) is 3.15. The lowest BCUT2D eigenvalue weighted by molar-refractivity contribution is 1.39. The molecule has 0 bridgehead atoms. The molecule has 45 heavy (non-hydrogen) atoms. The molecular formula is C44H26S. The van der Waals surface area contributed by atoms with Crippen LogP contribution in [-0.4, -0.2) is 0 Å². The van der Waals surface area contributed by atoms with E-state index in [-0.39, 0.29) is 29.7 Å². The highest BCUT2D eigenvalue weighted by Crippen LogP contribution is 2.49. The molecule has 1 aliphatic rings. The molecular weight excluding hydrogens is 561 g/mol. The summed E-state index contributed by atoms with van der Waals surface area (Å²) < 4.78 is 42.9. The molecule has 0 fully saturated rings. The minimum absolute atomic E-state index is 0.199. The van der Waals surface area contributed by atoms with Gasteiger partial charge in [0.25, 0.3) is 0 Å². The Bertz CT molecular complexity index is 2860. The fourth-order valence-corrected chi connectivity index (χ4v) is 8.41. The number of benzene rings is 9. The molecule has 0 aliphatic carbocycles. The minimum atomic E-state index is -0.395. The van der Waals surface area contributed by atoms with Crippen molar-refractivity contribution in [3.8, 4) is 44.5 Å². The van der Waals surface area contributed by atoms with Crippen LogP contribution in [0.25, 0.3) is 87.6 Å². The highest BCUT2D eigenvalue weighted by molar-refractivity contribution is 7.99. The lowest BCUT2D eigenvalue weighted by Gasteiger charge is -2.21. The van der Waals surface area contributed by atoms with Gasteiger partial charge in [-0.2, -0.15) is 0 Å². The lowest BCUT2D eigenvalue weighted by atomic mass is 9.87. The molecule has 0 nitrogen and oxygen atoms in total. The summed E-state index contributed by atoms with van der Waals surface area (Å²) in [7, 11) is 0. The van der Waals surface area contributed by atoms with E-state index in [9.17, 15) is 0 Å². The standard InChI is InChI=1S/C44H26S/c1-2-7-27(8-3-1)33-23-34(32-19-21-37-38-13-5-11-28-12-6-14-40(43(28)38)45-41(37)26-32)25-35(24-33)36-20-17-31-16-15-29-9-4-10-30-18-22-39(36)44(31)42(29)30/h1-26H/i1D,2D,3D,7D,8D. The predicted octanol–water partition coefficient (Wildman–Crippen LogP) is 12.9. The zero-order valence-corrected chi connectivity index (χ0v) is 24.8. The monoisotopic (exact) mass is 591 g/mol. The van der Waals surface area contributed by atoms with E-state index in [0.29, 0.717) is 5.56 Å². The van der Waals surface area contributed by atoms with Crippen molar-refractivity contribution in [2.75, 3.05) is 0 Å². The van der Waals surface area contributed by atoms with Gasteiger partial charge in [-0.05, 0) is 113 Å². The number of hydrogen-bond donors (Lipinski definition) is 0. The van der Waals surface area contributed by atoms with E-state index >= 15 is 0 Å². The Kier molecular flexibility index (Phi) is 4.37. The molecule has 10 rings (SSSR count). The predicted molar refractivity (Wildman–Crippen MR) is 194 cm³/mol. The van der Waals surface area contributed by atoms with Gasteiger partial charge in [-0.15, -0.1) is 0 Å². The summed E-state index contributed by atoms with van der Waals surface area (Å²) in [6, 6.07) is 43.5. The van der Waals surface area contributed by atoms with E-state index in [1.165, 1.54) is 48.3 Å². The van der Waals surface area contributed by atoms with Crippen LogP contribution in [0.2, 0.25) is 0 Å². The van der Waals surface area contributed by atoms with Gasteiger partial charge in [0, 0.05) is 15.2 Å². The molecule has 208 valence electrons. The van der Waals surface area contributed by atoms with Crippen molar-refractivity contribution in [1.82, 2.24) is 0 Å². The molecule has 1 aliphatic heterocycles. The van der Waals surface area contributed by atoms with Crippen LogP contribution in [0.15, 0.2) is 167 Å². The first kappa shape index (κ1) is 20.6. The Labute approximate surface area is 273 Å². The Hall–Kier alpha value is -5.37. The van der Waals surface area contributed by atoms with Crippen molar-refractivity contribution in [1.29, 1.82) is 0 Å². The van der Waals surface area contributed by atoms with Crippen LogP contribution in [0.3, 0.4) is 0 Å². The van der Waals surface area contributed by atoms with Gasteiger partial charge in [-0.3, -0.25) is 0 Å². The van der Waals surface area contributed by atoms with Gasteiger partial charge >= 0.3 is 0 Å². The first-order chi connectivity index (χ1) is 24.4. The van der Waals surface area contributed by atoms with E-state index in [0.717, 1.165) is 37.9 Å². The van der Waals surface area contributed by atoms with Crippen molar-refractivity contribution >= 4 is 54.9 Å². The molecule has 1 heterocycles. The second-order valence-corrected chi connectivity index (χ2v) is 12.8. The summed E-state index contributed by atoms with van der Waals surface area (Å²) in [6.45, 7) is 0. The van der Waals surface area contributed by atoms with Gasteiger partial charge in [-0.25, -0.2) is 0 Å². The molecule has 9 aromatic carbocycles. The van der Waals surface area contributed by atoms with Crippen LogP contribution >= 0.6 is 11.8 Å². The summed E-state index contributed by atoms with van der Waals surface area (Å²) in [6.07, 6.45) is 0. The van der Waals surface area contributed by atoms with E-state index in [1.807, 2.05) is 12.1 Å². The summed E-state index contributed by atoms with van der Waals surface area (Å²) in [5, 5.41) is 9.59. The van der Waals surface area contributed by atoms with Crippen molar-refractivity contribution in [3.05, 3.63) is 158 Å². The molecule has 0 saturated heterocycles. The van der Waals surface area contributed by atoms with Gasteiger partial charge in [0.15, 0.2) is 0 Å². The van der Waals surface area contributed by atoms with E-state index in [1.54, 1.807) is 11.8 Å². The Morgan fingerprint density at radius 1 is 0.378 bits per heavy atom. The quantitative estimate of drug-likeness (QED) is 0.184. The van der Waals surface area contributed by atoms with Crippen molar-refractivity contribution < 1.29 is 6.85 Å². The Morgan fingerprint density at radius 2 is 1.00 bits per heavy atom. The van der Waals surface area contributed by atoms with Gasteiger partial charge in [0.2, 0.25) is 0 Å². The largest absolute Gasteiger partial charge is 0.0888 e. The van der Waals surface area contributed by atoms with Crippen LogP contribution < -0.4 is 0 Å². The molecule has 0 radical (unpaired) electrons. The van der Waals surface area contributed by atoms with E-state index in [2.05, 4.69) is 115 Å². The molecule has 0 amide bonds. The topological polar surface area (TPSA) is 0 Å². The average molecular weight is 592 g/mol. The minimum Gasteiger partial charge on any atom is -0.0888 e. The zero-order valence-electron chi connectivity index (χ0n) is 29.0. The third-order valence-electron chi connectivity index (χ3n) is 9.25. The maximum atomic E-state index is 8.87. The van der Waals surface area contributed by atoms with Crippen LogP contribution in [0.5, 0.6) is 0 Å². The maximum absolute atomic E-state index is 8.87. The molecule has 9 aromatic rings. The molecule has 0 aromatic heterocycles. The molecule has 0 atom stereocenters. The van der Waals surface area contributed by atoms with Crippen LogP contribution in [-0.2, 0) is 0 Å². The van der Waals surface area contributed by atoms with E-state index < -0.39 is 6.04 Å². The van der Waals surface area contributed by atoms with Crippen LogP contribution in [0.4, 0.5) is 0 Å². The normalized spacial score (nSPS) is 13.9. The molecule has 0 spiro atoms. The summed E-state index contributed by atoms with van der Waals surface area (Å²) in [5.74, 6) is 0. The van der Waals surface area contributed by atoms with Crippen LogP contribution in [0.1, 0.15) is 6.85 Å². The smallest absolute Gasteiger partial charge is 0.0629 e. The molecule has 1 heteroatoms. The van der Waals surface area contributed by atoms with Gasteiger partial charge in [0.1, 0.15) is 0 Å². The first-order valence-electron chi connectivity index (χ1n) is 17.6. The second-order valence-electron chi connectivity index (χ2n) is 11.7. The van der Waals surface area contributed by atoms with Gasteiger partial charge < -0.3 is 0 Å². The third-order valence-corrected chi connectivity index (χ3v) is 10.4. The van der Waals surface area contributed by atoms with E-state index in [4.69, 9.17) is 6.85 Å². The molecule has 0 saturated carbocycles. The Balaban J connectivity index is 1.24. The van der Waals surface area contributed by atoms with Gasteiger partial charge in [-0.1, -0.05) is 139 Å². The summed E-state index contributed by atoms with van der Waals surface area (Å²) in [4.78, 5) is 2.39. The van der Waals surface area contributed by atoms with Crippen molar-refractivity contribution in [3.63, 3.8) is 0 Å². The highest BCUT2D eigenvalue weighted by Gasteiger charge is 2.20. The number of hydrogen-bond acceptors (Lipinski definition) is 1. The molecule has 0 unspecified atom stereocenters. The summed E-state index contributed by atoms with van der Waals surface area (Å²) >= 11 is 1.77. The highest BCUT2D eigenvalue weighted by atomic mass is 32.2. The fourth-order valence-electron chi connectivity index (χ4n) is 7.22. The molecule has 0 N–H and O–H groups in total. The van der Waals surface area contributed by atoms with Crippen molar-refractivity contribution in [2.45, 2.75) is 9.79 Å².